The van der Waals surface area contributed by atoms with Gasteiger partial charge in [0.15, 0.2) is 11.6 Å². The Kier molecular flexibility index (Phi) is 5.45. The molecule has 1 rings (SSSR count). The molecule has 1 heterocycles. The van der Waals surface area contributed by atoms with E-state index in [1.807, 2.05) is 0 Å². The van der Waals surface area contributed by atoms with Gasteiger partial charge >= 0.3 is 12.1 Å². The molecule has 118 valence electrons. The molecular weight excluding hydrogens is 282 g/mol. The van der Waals surface area contributed by atoms with Crippen LogP contribution in [0.15, 0.2) is 6.07 Å². The van der Waals surface area contributed by atoms with E-state index in [1.54, 1.807) is 27.7 Å². The third-order valence-corrected chi connectivity index (χ3v) is 2.40. The van der Waals surface area contributed by atoms with Crippen LogP contribution >= 0.6 is 0 Å². The average Bonchev–Trinajstić information content (AvgIpc) is 2.66. The Balaban J connectivity index is 2.64. The summed E-state index contributed by atoms with van der Waals surface area (Å²) in [5.41, 5.74) is 0. The Hall–Kier alpha value is -2.38. The van der Waals surface area contributed by atoms with Crippen LogP contribution in [0.5, 0.6) is 17.5 Å². The number of aromatic nitrogens is 1. The van der Waals surface area contributed by atoms with Crippen LogP contribution in [0, 0.1) is 11.8 Å². The Morgan fingerprint density at radius 3 is 2.19 bits per heavy atom. The Bertz CT molecular complexity index is 507. The summed E-state index contributed by atoms with van der Waals surface area (Å²) in [7, 11) is 0. The summed E-state index contributed by atoms with van der Waals surface area (Å²) in [5, 5.41) is 18.4. The number of carbonyl (C=O) groups excluding carboxylic acids is 2. The van der Waals surface area contributed by atoms with E-state index < -0.39 is 24.3 Å². The number of aromatic amines is 1. The van der Waals surface area contributed by atoms with Crippen molar-refractivity contribution in [1.82, 2.24) is 4.98 Å². The first-order valence-electron chi connectivity index (χ1n) is 6.40. The molecule has 0 fully saturated rings. The molecule has 21 heavy (non-hydrogen) atoms. The first-order chi connectivity index (χ1) is 9.70. The van der Waals surface area contributed by atoms with Crippen molar-refractivity contribution in [2.45, 2.75) is 34.0 Å². The first-order valence-corrected chi connectivity index (χ1v) is 6.40. The number of hydrogen-bond acceptors (Lipinski definition) is 7. The van der Waals surface area contributed by atoms with Gasteiger partial charge in [0.05, 0.1) is 5.92 Å². The molecule has 3 N–H and O–H groups in total. The van der Waals surface area contributed by atoms with Gasteiger partial charge in [-0.05, 0) is 0 Å². The van der Waals surface area contributed by atoms with E-state index in [9.17, 15) is 14.7 Å². The standard InChI is InChI=1S/C13H19NO7/c1-6(2)11(17)20-12(7(3)4)21-13(18)19-8-5-9(15)14-10(8)16/h5-7,12,14-16H,1-4H3/t12-/m0/s1. The van der Waals surface area contributed by atoms with Crippen LogP contribution in [-0.2, 0) is 14.3 Å². The normalized spacial score (nSPS) is 12.3. The number of nitrogens with one attached hydrogen (secondary N) is 1. The van der Waals surface area contributed by atoms with Crippen LogP contribution in [-0.4, -0.2) is 33.6 Å². The summed E-state index contributed by atoms with van der Waals surface area (Å²) in [6.45, 7) is 6.70. The SMILES string of the molecule is CC(C)C(=O)O[C@@H](OC(=O)Oc1cc(O)[nH]c1O)C(C)C. The van der Waals surface area contributed by atoms with E-state index >= 15 is 0 Å². The Labute approximate surface area is 121 Å². The fourth-order valence-corrected chi connectivity index (χ4v) is 1.24. The van der Waals surface area contributed by atoms with Crippen LogP contribution in [0.1, 0.15) is 27.7 Å². The van der Waals surface area contributed by atoms with Gasteiger partial charge in [-0.25, -0.2) is 4.79 Å². The zero-order valence-corrected chi connectivity index (χ0v) is 12.2. The lowest BCUT2D eigenvalue weighted by atomic mass is 10.2. The first kappa shape index (κ1) is 16.7. The summed E-state index contributed by atoms with van der Waals surface area (Å²) < 4.78 is 14.6. The fourth-order valence-electron chi connectivity index (χ4n) is 1.24. The number of ether oxygens (including phenoxy) is 3. The van der Waals surface area contributed by atoms with Gasteiger partial charge in [-0.2, -0.15) is 0 Å². The van der Waals surface area contributed by atoms with Crippen LogP contribution in [0.2, 0.25) is 0 Å². The predicted octanol–water partition coefficient (Wildman–Crippen LogP) is 2.12. The predicted molar refractivity (Wildman–Crippen MR) is 70.8 cm³/mol. The molecule has 8 nitrogen and oxygen atoms in total. The number of hydrogen-bond donors (Lipinski definition) is 3. The monoisotopic (exact) mass is 301 g/mol. The number of esters is 1. The van der Waals surface area contributed by atoms with Crippen molar-refractivity contribution in [3.05, 3.63) is 6.07 Å². The summed E-state index contributed by atoms with van der Waals surface area (Å²) in [4.78, 5) is 25.2. The molecule has 0 bridgehead atoms. The van der Waals surface area contributed by atoms with Crippen molar-refractivity contribution in [1.29, 1.82) is 0 Å². The molecule has 1 atom stereocenters. The lowest BCUT2D eigenvalue weighted by Crippen LogP contribution is -2.32. The van der Waals surface area contributed by atoms with Gasteiger partial charge in [0.25, 0.3) is 6.29 Å². The minimum Gasteiger partial charge on any atom is -0.494 e. The smallest absolute Gasteiger partial charge is 0.494 e. The highest BCUT2D eigenvalue weighted by Crippen LogP contribution is 2.29. The molecule has 0 aliphatic heterocycles. The number of rotatable bonds is 5. The molecule has 0 saturated carbocycles. The van der Waals surface area contributed by atoms with E-state index in [4.69, 9.17) is 19.3 Å². The zero-order chi connectivity index (χ0) is 16.2. The molecule has 1 aromatic rings. The maximum absolute atomic E-state index is 11.6. The Morgan fingerprint density at radius 2 is 1.76 bits per heavy atom. The summed E-state index contributed by atoms with van der Waals surface area (Å²) in [5.74, 6) is -2.35. The minimum absolute atomic E-state index is 0.284. The fraction of sp³-hybridized carbons (Fsp3) is 0.538. The Morgan fingerprint density at radius 1 is 1.14 bits per heavy atom. The van der Waals surface area contributed by atoms with Gasteiger partial charge in [0.2, 0.25) is 5.88 Å². The third-order valence-electron chi connectivity index (χ3n) is 2.40. The number of carbonyl (C=O) groups is 2. The molecule has 1 aromatic heterocycles. The molecule has 0 radical (unpaired) electrons. The van der Waals surface area contributed by atoms with Crippen molar-refractivity contribution >= 4 is 12.1 Å². The van der Waals surface area contributed by atoms with E-state index in [2.05, 4.69) is 4.98 Å². The zero-order valence-electron chi connectivity index (χ0n) is 12.2. The van der Waals surface area contributed by atoms with Gasteiger partial charge in [0, 0.05) is 12.0 Å². The van der Waals surface area contributed by atoms with Crippen LogP contribution in [0.4, 0.5) is 4.79 Å². The molecule has 0 saturated heterocycles. The second kappa shape index (κ2) is 6.87. The second-order valence-electron chi connectivity index (χ2n) is 5.04. The topological polar surface area (TPSA) is 118 Å². The highest BCUT2D eigenvalue weighted by molar-refractivity contribution is 5.72. The van der Waals surface area contributed by atoms with E-state index in [-0.39, 0.29) is 23.5 Å². The molecule has 8 heteroatoms. The molecule has 0 spiro atoms. The van der Waals surface area contributed by atoms with Crippen LogP contribution in [0.25, 0.3) is 0 Å². The van der Waals surface area contributed by atoms with E-state index in [1.165, 1.54) is 0 Å². The maximum atomic E-state index is 11.6. The molecule has 0 aromatic carbocycles. The number of aromatic hydroxyl groups is 2. The van der Waals surface area contributed by atoms with Gasteiger partial charge < -0.3 is 24.4 Å². The summed E-state index contributed by atoms with van der Waals surface area (Å²) in [6, 6.07) is 1.00. The number of H-pyrrole nitrogens is 1. The second-order valence-corrected chi connectivity index (χ2v) is 5.04. The van der Waals surface area contributed by atoms with Gasteiger partial charge in [-0.15, -0.1) is 0 Å². The molecule has 0 unspecified atom stereocenters. The largest absolute Gasteiger partial charge is 0.517 e. The summed E-state index contributed by atoms with van der Waals surface area (Å²) >= 11 is 0. The van der Waals surface area contributed by atoms with Crippen molar-refractivity contribution in [2.75, 3.05) is 0 Å². The maximum Gasteiger partial charge on any atom is 0.517 e. The minimum atomic E-state index is -1.17. The molecule has 0 aliphatic carbocycles. The van der Waals surface area contributed by atoms with E-state index in [0.717, 1.165) is 6.07 Å². The molecule has 0 aliphatic rings. The average molecular weight is 301 g/mol. The van der Waals surface area contributed by atoms with Crippen molar-refractivity contribution < 1.29 is 34.0 Å². The quantitative estimate of drug-likeness (QED) is 0.563. The van der Waals surface area contributed by atoms with Crippen molar-refractivity contribution in [3.63, 3.8) is 0 Å². The lowest BCUT2D eigenvalue weighted by molar-refractivity contribution is -0.180. The van der Waals surface area contributed by atoms with Gasteiger partial charge in [0.1, 0.15) is 0 Å². The van der Waals surface area contributed by atoms with Crippen molar-refractivity contribution in [3.8, 4) is 17.5 Å². The highest BCUT2D eigenvalue weighted by Gasteiger charge is 2.26. The molecular formula is C13H19NO7. The van der Waals surface area contributed by atoms with E-state index in [0.29, 0.717) is 0 Å². The lowest BCUT2D eigenvalue weighted by Gasteiger charge is -2.21. The molecule has 0 amide bonds. The van der Waals surface area contributed by atoms with Gasteiger partial charge in [-0.3, -0.25) is 9.78 Å². The van der Waals surface area contributed by atoms with Gasteiger partial charge in [-0.1, -0.05) is 27.7 Å². The van der Waals surface area contributed by atoms with Crippen LogP contribution < -0.4 is 4.74 Å². The third kappa shape index (κ3) is 4.90. The highest BCUT2D eigenvalue weighted by atomic mass is 16.8. The summed E-state index contributed by atoms with van der Waals surface area (Å²) in [6.07, 6.45) is -2.28. The van der Waals surface area contributed by atoms with Crippen LogP contribution in [0.3, 0.4) is 0 Å². The van der Waals surface area contributed by atoms with Crippen molar-refractivity contribution in [2.24, 2.45) is 11.8 Å².